The zero-order valence-electron chi connectivity index (χ0n) is 11.3. The van der Waals surface area contributed by atoms with Gasteiger partial charge >= 0.3 is 0 Å². The van der Waals surface area contributed by atoms with Crippen LogP contribution in [-0.4, -0.2) is 4.83 Å². The first-order valence-corrected chi connectivity index (χ1v) is 8.37. The molecule has 2 atom stereocenters. The van der Waals surface area contributed by atoms with Crippen LogP contribution in [0.15, 0.2) is 42.5 Å². The standard InChI is InChI=1S/C18H21Br/c19-18-12-3-1-2-8-16(18)13-15-10-6-9-14-7-4-5-11-17(14)15/h4-7,9-11,16,18H,1-3,8,12-13H2. The van der Waals surface area contributed by atoms with Crippen LogP contribution in [0.5, 0.6) is 0 Å². The summed E-state index contributed by atoms with van der Waals surface area (Å²) in [5.41, 5.74) is 1.52. The van der Waals surface area contributed by atoms with Crippen LogP contribution in [0.25, 0.3) is 10.8 Å². The molecule has 0 aromatic heterocycles. The van der Waals surface area contributed by atoms with Crippen LogP contribution in [-0.2, 0) is 6.42 Å². The zero-order valence-corrected chi connectivity index (χ0v) is 12.9. The molecule has 2 aromatic carbocycles. The molecule has 1 aliphatic carbocycles. The first-order chi connectivity index (χ1) is 9.34. The number of benzene rings is 2. The predicted molar refractivity (Wildman–Crippen MR) is 86.9 cm³/mol. The van der Waals surface area contributed by atoms with Gasteiger partial charge in [-0.2, -0.15) is 0 Å². The van der Waals surface area contributed by atoms with E-state index < -0.39 is 0 Å². The van der Waals surface area contributed by atoms with E-state index in [1.54, 1.807) is 0 Å². The number of rotatable bonds is 2. The smallest absolute Gasteiger partial charge is 0.0177 e. The van der Waals surface area contributed by atoms with Gasteiger partial charge in [-0.15, -0.1) is 0 Å². The quantitative estimate of drug-likeness (QED) is 0.490. The molecule has 2 aromatic rings. The third kappa shape index (κ3) is 3.02. The Morgan fingerprint density at radius 3 is 2.63 bits per heavy atom. The molecule has 1 heteroatoms. The molecule has 1 aliphatic rings. The van der Waals surface area contributed by atoms with Crippen molar-refractivity contribution in [3.63, 3.8) is 0 Å². The summed E-state index contributed by atoms with van der Waals surface area (Å²) in [7, 11) is 0. The van der Waals surface area contributed by atoms with E-state index in [-0.39, 0.29) is 0 Å². The Morgan fingerprint density at radius 1 is 0.895 bits per heavy atom. The predicted octanol–water partition coefficient (Wildman–Crippen LogP) is 5.73. The molecule has 0 amide bonds. The lowest BCUT2D eigenvalue weighted by molar-refractivity contribution is 0.477. The highest BCUT2D eigenvalue weighted by molar-refractivity contribution is 9.09. The van der Waals surface area contributed by atoms with Crippen molar-refractivity contribution in [3.05, 3.63) is 48.0 Å². The van der Waals surface area contributed by atoms with Crippen LogP contribution in [0.1, 0.15) is 37.7 Å². The first kappa shape index (κ1) is 13.2. The second-order valence-electron chi connectivity index (χ2n) is 5.76. The van der Waals surface area contributed by atoms with Gasteiger partial charge < -0.3 is 0 Å². The summed E-state index contributed by atoms with van der Waals surface area (Å²) in [6, 6.07) is 15.5. The summed E-state index contributed by atoms with van der Waals surface area (Å²) in [5.74, 6) is 0.799. The van der Waals surface area contributed by atoms with Gasteiger partial charge in [0.15, 0.2) is 0 Å². The van der Waals surface area contributed by atoms with E-state index in [0.717, 1.165) is 5.92 Å². The molecular formula is C18H21Br. The van der Waals surface area contributed by atoms with Gasteiger partial charge in [0.25, 0.3) is 0 Å². The van der Waals surface area contributed by atoms with E-state index in [9.17, 15) is 0 Å². The Labute approximate surface area is 124 Å². The minimum absolute atomic E-state index is 0.703. The maximum atomic E-state index is 3.93. The van der Waals surface area contributed by atoms with Gasteiger partial charge in [-0.25, -0.2) is 0 Å². The molecule has 1 fully saturated rings. The van der Waals surface area contributed by atoms with Crippen molar-refractivity contribution in [3.8, 4) is 0 Å². The van der Waals surface area contributed by atoms with Gasteiger partial charge in [0, 0.05) is 4.83 Å². The van der Waals surface area contributed by atoms with Crippen LogP contribution in [0.2, 0.25) is 0 Å². The van der Waals surface area contributed by atoms with Gasteiger partial charge in [0.2, 0.25) is 0 Å². The SMILES string of the molecule is BrC1CCCCCC1Cc1cccc2ccccc12. The van der Waals surface area contributed by atoms with Gasteiger partial charge in [-0.3, -0.25) is 0 Å². The Kier molecular flexibility index (Phi) is 4.22. The highest BCUT2D eigenvalue weighted by Gasteiger charge is 2.22. The molecule has 1 saturated carbocycles. The molecule has 0 nitrogen and oxygen atoms in total. The summed E-state index contributed by atoms with van der Waals surface area (Å²) in [6.07, 6.45) is 8.14. The summed E-state index contributed by atoms with van der Waals surface area (Å²) >= 11 is 3.93. The van der Waals surface area contributed by atoms with Crippen molar-refractivity contribution in [1.29, 1.82) is 0 Å². The van der Waals surface area contributed by atoms with E-state index >= 15 is 0 Å². The molecular weight excluding hydrogens is 296 g/mol. The molecule has 0 N–H and O–H groups in total. The lowest BCUT2D eigenvalue weighted by atomic mass is 9.90. The van der Waals surface area contributed by atoms with Crippen molar-refractivity contribution in [1.82, 2.24) is 0 Å². The molecule has 2 unspecified atom stereocenters. The summed E-state index contributed by atoms with van der Waals surface area (Å²) < 4.78 is 0. The number of hydrogen-bond acceptors (Lipinski definition) is 0. The second kappa shape index (κ2) is 6.09. The Hall–Kier alpha value is -0.820. The van der Waals surface area contributed by atoms with Crippen molar-refractivity contribution in [2.75, 3.05) is 0 Å². The highest BCUT2D eigenvalue weighted by Crippen LogP contribution is 2.32. The van der Waals surface area contributed by atoms with E-state index in [2.05, 4.69) is 58.4 Å². The topological polar surface area (TPSA) is 0 Å². The average Bonchev–Trinajstić information content (AvgIpc) is 2.65. The van der Waals surface area contributed by atoms with E-state index in [4.69, 9.17) is 0 Å². The van der Waals surface area contributed by atoms with Crippen LogP contribution in [0.3, 0.4) is 0 Å². The van der Waals surface area contributed by atoms with E-state index in [1.165, 1.54) is 54.9 Å². The van der Waals surface area contributed by atoms with Crippen molar-refractivity contribution in [2.24, 2.45) is 5.92 Å². The normalized spacial score (nSPS) is 24.3. The minimum Gasteiger partial charge on any atom is -0.0888 e. The van der Waals surface area contributed by atoms with Gasteiger partial charge in [-0.1, -0.05) is 77.7 Å². The number of halogens is 1. The number of fused-ring (bicyclic) bond motifs is 1. The lowest BCUT2D eigenvalue weighted by Crippen LogP contribution is -2.15. The van der Waals surface area contributed by atoms with Crippen LogP contribution in [0, 0.1) is 5.92 Å². The number of hydrogen-bond donors (Lipinski definition) is 0. The molecule has 0 spiro atoms. The van der Waals surface area contributed by atoms with Crippen molar-refractivity contribution < 1.29 is 0 Å². The summed E-state index contributed by atoms with van der Waals surface area (Å²) in [5, 5.41) is 2.81. The largest absolute Gasteiger partial charge is 0.0888 e. The maximum absolute atomic E-state index is 3.93. The van der Waals surface area contributed by atoms with Crippen LogP contribution in [0.4, 0.5) is 0 Å². The van der Waals surface area contributed by atoms with E-state index in [1.807, 2.05) is 0 Å². The third-order valence-corrected chi connectivity index (χ3v) is 5.63. The molecule has 19 heavy (non-hydrogen) atoms. The van der Waals surface area contributed by atoms with Crippen molar-refractivity contribution in [2.45, 2.75) is 43.4 Å². The van der Waals surface area contributed by atoms with E-state index in [0.29, 0.717) is 4.83 Å². The fourth-order valence-corrected chi connectivity index (χ4v) is 4.10. The van der Waals surface area contributed by atoms with Crippen LogP contribution < -0.4 is 0 Å². The fraction of sp³-hybridized carbons (Fsp3) is 0.444. The van der Waals surface area contributed by atoms with Gasteiger partial charge in [-0.05, 0) is 41.5 Å². The Bertz CT molecular complexity index is 541. The summed E-state index contributed by atoms with van der Waals surface area (Å²) in [4.78, 5) is 0.703. The molecule has 0 aliphatic heterocycles. The minimum atomic E-state index is 0.703. The maximum Gasteiger partial charge on any atom is 0.0177 e. The number of alkyl halides is 1. The molecule has 0 heterocycles. The molecule has 0 radical (unpaired) electrons. The monoisotopic (exact) mass is 316 g/mol. The average molecular weight is 317 g/mol. The van der Waals surface area contributed by atoms with Crippen molar-refractivity contribution >= 4 is 26.7 Å². The van der Waals surface area contributed by atoms with Gasteiger partial charge in [0.05, 0.1) is 0 Å². The molecule has 0 saturated heterocycles. The molecule has 0 bridgehead atoms. The van der Waals surface area contributed by atoms with Gasteiger partial charge in [0.1, 0.15) is 0 Å². The zero-order chi connectivity index (χ0) is 13.1. The lowest BCUT2D eigenvalue weighted by Gasteiger charge is -2.20. The molecule has 3 rings (SSSR count). The molecule has 100 valence electrons. The third-order valence-electron chi connectivity index (χ3n) is 4.43. The summed E-state index contributed by atoms with van der Waals surface area (Å²) in [6.45, 7) is 0. The Balaban J connectivity index is 1.88. The Morgan fingerprint density at radius 2 is 1.68 bits per heavy atom. The fourth-order valence-electron chi connectivity index (χ4n) is 3.32. The van der Waals surface area contributed by atoms with Crippen LogP contribution >= 0.6 is 15.9 Å². The first-order valence-electron chi connectivity index (χ1n) is 7.45. The highest BCUT2D eigenvalue weighted by atomic mass is 79.9. The second-order valence-corrected chi connectivity index (χ2v) is 6.93.